The number of carbonyl (C=O) groups excluding carboxylic acids is 2. The topological polar surface area (TPSA) is 89.1 Å². The first kappa shape index (κ1) is 24.7. The number of nitrogens with one attached hydrogen (secondary N) is 2. The van der Waals surface area contributed by atoms with E-state index >= 15 is 0 Å². The Morgan fingerprint density at radius 3 is 2.71 bits per heavy atom. The third kappa shape index (κ3) is 6.42. The van der Waals surface area contributed by atoms with E-state index in [1.807, 2.05) is 4.90 Å². The standard InChI is InChI=1S/C27H39N3O5/c31-26-9-8-24(27(32)29-26)30-16-21-14-22(7-6-20(21)17-34-18-30)35-25-5-3-1-2-4-23(25)28-15-19-10-12-33-13-11-19/h6-7,14,19,23-25,28H,1-5,8-13,15-18H2,(H,29,31,32)/t23-,24?,25+/m0/s1. The first-order valence-corrected chi connectivity index (χ1v) is 13.4. The number of fused-ring (bicyclic) bond motifs is 1. The predicted molar refractivity (Wildman–Crippen MR) is 131 cm³/mol. The first-order chi connectivity index (χ1) is 17.2. The van der Waals surface area contributed by atoms with E-state index in [-0.39, 0.29) is 24.0 Å². The quantitative estimate of drug-likeness (QED) is 0.473. The maximum Gasteiger partial charge on any atom is 0.243 e. The van der Waals surface area contributed by atoms with Gasteiger partial charge in [-0.05, 0) is 74.2 Å². The van der Waals surface area contributed by atoms with Crippen LogP contribution in [0.15, 0.2) is 18.2 Å². The molecule has 2 N–H and O–H groups in total. The molecule has 0 bridgehead atoms. The number of rotatable bonds is 6. The van der Waals surface area contributed by atoms with Crippen molar-refractivity contribution in [3.05, 3.63) is 29.3 Å². The van der Waals surface area contributed by atoms with E-state index in [1.54, 1.807) is 0 Å². The molecule has 1 saturated carbocycles. The van der Waals surface area contributed by atoms with Crippen molar-refractivity contribution in [2.75, 3.05) is 26.5 Å². The molecule has 1 aromatic carbocycles. The predicted octanol–water partition coefficient (Wildman–Crippen LogP) is 2.88. The summed E-state index contributed by atoms with van der Waals surface area (Å²) < 4.78 is 18.0. The van der Waals surface area contributed by atoms with Gasteiger partial charge in [0.25, 0.3) is 0 Å². The number of imide groups is 1. The largest absolute Gasteiger partial charge is 0.489 e. The molecular formula is C27H39N3O5. The maximum absolute atomic E-state index is 12.4. The zero-order chi connectivity index (χ0) is 24.0. The Bertz CT molecular complexity index is 888. The lowest BCUT2D eigenvalue weighted by Gasteiger charge is -2.31. The van der Waals surface area contributed by atoms with E-state index in [0.29, 0.717) is 44.7 Å². The van der Waals surface area contributed by atoms with Gasteiger partial charge in [-0.2, -0.15) is 0 Å². The van der Waals surface area contributed by atoms with E-state index in [0.717, 1.165) is 62.3 Å². The monoisotopic (exact) mass is 485 g/mol. The van der Waals surface area contributed by atoms with Crippen LogP contribution in [-0.4, -0.2) is 61.4 Å². The van der Waals surface area contributed by atoms with Crippen molar-refractivity contribution in [2.45, 2.75) is 89.1 Å². The zero-order valence-corrected chi connectivity index (χ0v) is 20.6. The van der Waals surface area contributed by atoms with Crippen LogP contribution in [0, 0.1) is 5.92 Å². The van der Waals surface area contributed by atoms with E-state index in [4.69, 9.17) is 14.2 Å². The van der Waals surface area contributed by atoms with Crippen LogP contribution >= 0.6 is 0 Å². The Kier molecular flexibility index (Phi) is 8.34. The summed E-state index contributed by atoms with van der Waals surface area (Å²) in [4.78, 5) is 26.0. The molecule has 0 radical (unpaired) electrons. The number of ether oxygens (including phenoxy) is 3. The van der Waals surface area contributed by atoms with Crippen LogP contribution in [0.4, 0.5) is 0 Å². The lowest BCUT2D eigenvalue weighted by molar-refractivity contribution is -0.140. The van der Waals surface area contributed by atoms with Crippen LogP contribution in [0.2, 0.25) is 0 Å². The van der Waals surface area contributed by atoms with Gasteiger partial charge in [-0.15, -0.1) is 0 Å². The van der Waals surface area contributed by atoms with Gasteiger partial charge in [0.2, 0.25) is 11.8 Å². The van der Waals surface area contributed by atoms with Crippen molar-refractivity contribution in [2.24, 2.45) is 5.92 Å². The van der Waals surface area contributed by atoms with E-state index in [9.17, 15) is 9.59 Å². The molecule has 8 heteroatoms. The summed E-state index contributed by atoms with van der Waals surface area (Å²) in [6.45, 7) is 4.29. The van der Waals surface area contributed by atoms with Crippen molar-refractivity contribution in [1.82, 2.24) is 15.5 Å². The van der Waals surface area contributed by atoms with Crippen LogP contribution in [0.5, 0.6) is 5.75 Å². The van der Waals surface area contributed by atoms with Gasteiger partial charge in [-0.1, -0.05) is 18.9 Å². The molecular weight excluding hydrogens is 446 g/mol. The summed E-state index contributed by atoms with van der Waals surface area (Å²) >= 11 is 0. The minimum absolute atomic E-state index is 0.156. The van der Waals surface area contributed by atoms with Crippen LogP contribution in [0.25, 0.3) is 0 Å². The lowest BCUT2D eigenvalue weighted by Crippen LogP contribution is -2.52. The number of benzene rings is 1. The number of carbonyl (C=O) groups is 2. The number of hydrogen-bond donors (Lipinski definition) is 2. The molecule has 1 aliphatic carbocycles. The van der Waals surface area contributed by atoms with Gasteiger partial charge in [0.15, 0.2) is 0 Å². The SMILES string of the molecule is O=C1CCC(N2COCc3ccc(O[C@@H]4CCCCC[C@@H]4NCC4CCOCC4)cc3C2)C(=O)N1. The van der Waals surface area contributed by atoms with Crippen LogP contribution in [-0.2, 0) is 32.2 Å². The Morgan fingerprint density at radius 1 is 1.00 bits per heavy atom. The summed E-state index contributed by atoms with van der Waals surface area (Å²) in [5, 5.41) is 6.32. The van der Waals surface area contributed by atoms with Crippen LogP contribution < -0.4 is 15.4 Å². The Balaban J connectivity index is 1.25. The Labute approximate surface area is 208 Å². The number of hydrogen-bond acceptors (Lipinski definition) is 7. The molecule has 2 saturated heterocycles. The van der Waals surface area contributed by atoms with Crippen LogP contribution in [0.1, 0.15) is 68.9 Å². The molecule has 3 aliphatic heterocycles. The minimum Gasteiger partial charge on any atom is -0.489 e. The number of amides is 2. The third-order valence-electron chi connectivity index (χ3n) is 7.97. The zero-order valence-electron chi connectivity index (χ0n) is 20.6. The lowest BCUT2D eigenvalue weighted by atomic mass is 9.98. The Hall–Kier alpha value is -2.00. The average Bonchev–Trinajstić information content (AvgIpc) is 3.21. The summed E-state index contributed by atoms with van der Waals surface area (Å²) in [7, 11) is 0. The minimum atomic E-state index is -0.344. The van der Waals surface area contributed by atoms with Crippen molar-refractivity contribution in [1.29, 1.82) is 0 Å². The smallest absolute Gasteiger partial charge is 0.243 e. The second-order valence-corrected chi connectivity index (χ2v) is 10.5. The van der Waals surface area contributed by atoms with Gasteiger partial charge in [0, 0.05) is 32.2 Å². The van der Waals surface area contributed by atoms with Crippen molar-refractivity contribution >= 4 is 11.8 Å². The summed E-state index contributed by atoms with van der Waals surface area (Å²) in [6.07, 6.45) is 9.25. The van der Waals surface area contributed by atoms with Crippen molar-refractivity contribution in [3.63, 3.8) is 0 Å². The van der Waals surface area contributed by atoms with E-state index in [2.05, 4.69) is 28.8 Å². The Morgan fingerprint density at radius 2 is 1.86 bits per heavy atom. The highest BCUT2D eigenvalue weighted by Gasteiger charge is 2.33. The molecule has 1 aromatic rings. The highest BCUT2D eigenvalue weighted by molar-refractivity contribution is 6.00. The van der Waals surface area contributed by atoms with Crippen molar-refractivity contribution in [3.8, 4) is 5.75 Å². The van der Waals surface area contributed by atoms with Gasteiger partial charge in [-0.25, -0.2) is 0 Å². The molecule has 0 aromatic heterocycles. The maximum atomic E-state index is 12.4. The highest BCUT2D eigenvalue weighted by Crippen LogP contribution is 2.29. The second-order valence-electron chi connectivity index (χ2n) is 10.5. The van der Waals surface area contributed by atoms with Gasteiger partial charge in [0.1, 0.15) is 18.6 Å². The highest BCUT2D eigenvalue weighted by atomic mass is 16.5. The molecule has 4 aliphatic rings. The fourth-order valence-electron chi connectivity index (χ4n) is 5.82. The molecule has 0 spiro atoms. The fourth-order valence-corrected chi connectivity index (χ4v) is 5.82. The number of piperidine rings is 1. The van der Waals surface area contributed by atoms with E-state index < -0.39 is 0 Å². The van der Waals surface area contributed by atoms with Crippen molar-refractivity contribution < 1.29 is 23.8 Å². The molecule has 3 atom stereocenters. The molecule has 2 amide bonds. The molecule has 5 rings (SSSR count). The molecule has 3 fully saturated rings. The number of nitrogens with zero attached hydrogens (tertiary/aromatic N) is 1. The second kappa shape index (κ2) is 11.8. The van der Waals surface area contributed by atoms with Gasteiger partial charge < -0.3 is 19.5 Å². The summed E-state index contributed by atoms with van der Waals surface area (Å²) in [5.74, 6) is 1.16. The summed E-state index contributed by atoms with van der Waals surface area (Å²) in [6, 6.07) is 6.30. The fraction of sp³-hybridized carbons (Fsp3) is 0.704. The van der Waals surface area contributed by atoms with E-state index in [1.165, 1.54) is 19.3 Å². The molecule has 1 unspecified atom stereocenters. The molecule has 3 heterocycles. The van der Waals surface area contributed by atoms with Gasteiger partial charge in [0.05, 0.1) is 12.6 Å². The summed E-state index contributed by atoms with van der Waals surface area (Å²) in [5.41, 5.74) is 2.26. The normalized spacial score (nSPS) is 29.1. The molecule has 8 nitrogen and oxygen atoms in total. The third-order valence-corrected chi connectivity index (χ3v) is 7.97. The van der Waals surface area contributed by atoms with Crippen LogP contribution in [0.3, 0.4) is 0 Å². The molecule has 35 heavy (non-hydrogen) atoms. The molecule has 192 valence electrons. The average molecular weight is 486 g/mol. The first-order valence-electron chi connectivity index (χ1n) is 13.4. The van der Waals surface area contributed by atoms with Gasteiger partial charge in [-0.3, -0.25) is 19.8 Å². The van der Waals surface area contributed by atoms with Gasteiger partial charge >= 0.3 is 0 Å².